The number of hydrogen-bond donors (Lipinski definition) is 1. The van der Waals surface area contributed by atoms with Crippen molar-refractivity contribution in [2.75, 3.05) is 0 Å². The molecular weight excluding hydrogens is 275 g/mol. The van der Waals surface area contributed by atoms with E-state index in [1.807, 2.05) is 0 Å². The Morgan fingerprint density at radius 3 is 1.77 bits per heavy atom. The fourth-order valence-corrected chi connectivity index (χ4v) is 4.29. The molecule has 2 aliphatic rings. The molecule has 0 aromatic heterocycles. The summed E-state index contributed by atoms with van der Waals surface area (Å²) in [6.45, 7) is 0. The lowest BCUT2D eigenvalue weighted by Gasteiger charge is -2.44. The molecule has 0 amide bonds. The number of alkyl halides is 1. The van der Waals surface area contributed by atoms with Gasteiger partial charge in [-0.05, 0) is 25.7 Å². The summed E-state index contributed by atoms with van der Waals surface area (Å²) in [4.78, 5) is 0. The summed E-state index contributed by atoms with van der Waals surface area (Å²) in [5, 5.41) is 10.6. The van der Waals surface area contributed by atoms with Gasteiger partial charge in [-0.25, -0.2) is 0 Å². The molecule has 0 bridgehead atoms. The number of hydrogen-bond acceptors (Lipinski definition) is 1. The molecule has 2 saturated carbocycles. The van der Waals surface area contributed by atoms with E-state index in [2.05, 4.69) is 22.6 Å². The maximum absolute atomic E-state index is 10.6. The van der Waals surface area contributed by atoms with Crippen molar-refractivity contribution in [3.63, 3.8) is 0 Å². The molecule has 0 aromatic rings. The van der Waals surface area contributed by atoms with Gasteiger partial charge in [0.15, 0.2) is 0 Å². The molecule has 0 unspecified atom stereocenters. The molecule has 2 rings (SSSR count). The van der Waals surface area contributed by atoms with Crippen LogP contribution in [0.3, 0.4) is 0 Å². The van der Waals surface area contributed by atoms with Crippen molar-refractivity contribution in [1.82, 2.24) is 0 Å². The standard InChI is InChI=1S/C11H19IO/c12-10(6-2-1-3-7-10)11(13)8-4-5-9-11/h13H,1-9H2. The van der Waals surface area contributed by atoms with Crippen LogP contribution in [0, 0.1) is 0 Å². The first-order valence-electron chi connectivity index (χ1n) is 5.58. The number of rotatable bonds is 1. The second-order valence-electron chi connectivity index (χ2n) is 4.76. The molecule has 2 fully saturated rings. The number of aliphatic hydroxyl groups is 1. The normalized spacial score (nSPS) is 31.8. The molecule has 2 heteroatoms. The minimum atomic E-state index is -0.312. The van der Waals surface area contributed by atoms with E-state index in [4.69, 9.17) is 0 Å². The quantitative estimate of drug-likeness (QED) is 0.580. The van der Waals surface area contributed by atoms with Crippen LogP contribution in [0.15, 0.2) is 0 Å². The van der Waals surface area contributed by atoms with E-state index in [0.29, 0.717) is 0 Å². The van der Waals surface area contributed by atoms with E-state index < -0.39 is 0 Å². The highest BCUT2D eigenvalue weighted by Gasteiger charge is 2.49. The predicted molar refractivity (Wildman–Crippen MR) is 63.3 cm³/mol. The Kier molecular flexibility index (Phi) is 2.90. The third-order valence-corrected chi connectivity index (χ3v) is 5.99. The fourth-order valence-electron chi connectivity index (χ4n) is 2.99. The average Bonchev–Trinajstić information content (AvgIpc) is 2.55. The zero-order valence-electron chi connectivity index (χ0n) is 8.19. The minimum absolute atomic E-state index is 0.222. The zero-order chi connectivity index (χ0) is 9.36. The van der Waals surface area contributed by atoms with Crippen LogP contribution < -0.4 is 0 Å². The maximum atomic E-state index is 10.6. The molecule has 0 spiro atoms. The van der Waals surface area contributed by atoms with Gasteiger partial charge in [0, 0.05) is 0 Å². The fraction of sp³-hybridized carbons (Fsp3) is 1.00. The molecule has 1 nitrogen and oxygen atoms in total. The van der Waals surface area contributed by atoms with Crippen LogP contribution >= 0.6 is 22.6 Å². The van der Waals surface area contributed by atoms with Gasteiger partial charge in [0.2, 0.25) is 0 Å². The average molecular weight is 294 g/mol. The largest absolute Gasteiger partial charge is 0.389 e. The Balaban J connectivity index is 2.11. The van der Waals surface area contributed by atoms with Crippen molar-refractivity contribution >= 4 is 22.6 Å². The third-order valence-electron chi connectivity index (χ3n) is 3.91. The van der Waals surface area contributed by atoms with Gasteiger partial charge < -0.3 is 5.11 Å². The lowest BCUT2D eigenvalue weighted by molar-refractivity contribution is 0.000184. The van der Waals surface area contributed by atoms with Crippen LogP contribution in [0.25, 0.3) is 0 Å². The topological polar surface area (TPSA) is 20.2 Å². The van der Waals surface area contributed by atoms with E-state index in [9.17, 15) is 5.11 Å². The van der Waals surface area contributed by atoms with E-state index in [0.717, 1.165) is 12.8 Å². The van der Waals surface area contributed by atoms with Gasteiger partial charge in [0.05, 0.1) is 9.02 Å². The molecule has 0 aromatic carbocycles. The van der Waals surface area contributed by atoms with Crippen molar-refractivity contribution in [3.8, 4) is 0 Å². The molecule has 0 radical (unpaired) electrons. The minimum Gasteiger partial charge on any atom is -0.389 e. The lowest BCUT2D eigenvalue weighted by Crippen LogP contribution is -2.48. The summed E-state index contributed by atoms with van der Waals surface area (Å²) in [6.07, 6.45) is 11.1. The summed E-state index contributed by atoms with van der Waals surface area (Å²) in [7, 11) is 0. The van der Waals surface area contributed by atoms with Crippen molar-refractivity contribution < 1.29 is 5.11 Å². The lowest BCUT2D eigenvalue weighted by atomic mass is 9.76. The van der Waals surface area contributed by atoms with Gasteiger partial charge in [-0.3, -0.25) is 0 Å². The Hall–Kier alpha value is 0.690. The second-order valence-corrected chi connectivity index (χ2v) is 6.83. The first-order chi connectivity index (χ1) is 6.16. The van der Waals surface area contributed by atoms with Crippen molar-refractivity contribution in [2.24, 2.45) is 0 Å². The van der Waals surface area contributed by atoms with Crippen LogP contribution in [-0.2, 0) is 0 Å². The molecule has 0 aliphatic heterocycles. The Labute approximate surface area is 94.4 Å². The highest BCUT2D eigenvalue weighted by Crippen LogP contribution is 2.51. The van der Waals surface area contributed by atoms with Gasteiger partial charge in [-0.1, -0.05) is 54.7 Å². The van der Waals surface area contributed by atoms with Crippen LogP contribution in [0.2, 0.25) is 0 Å². The first-order valence-corrected chi connectivity index (χ1v) is 6.66. The monoisotopic (exact) mass is 294 g/mol. The first kappa shape index (κ1) is 10.2. The summed E-state index contributed by atoms with van der Waals surface area (Å²) >= 11 is 2.56. The summed E-state index contributed by atoms with van der Waals surface area (Å²) in [6, 6.07) is 0. The molecule has 1 N–H and O–H groups in total. The summed E-state index contributed by atoms with van der Waals surface area (Å²) in [5.41, 5.74) is -0.312. The Morgan fingerprint density at radius 1 is 0.769 bits per heavy atom. The smallest absolute Gasteiger partial charge is 0.0792 e. The number of halogens is 1. The van der Waals surface area contributed by atoms with Crippen molar-refractivity contribution in [2.45, 2.75) is 66.8 Å². The van der Waals surface area contributed by atoms with E-state index in [1.165, 1.54) is 44.9 Å². The molecule has 13 heavy (non-hydrogen) atoms. The van der Waals surface area contributed by atoms with Gasteiger partial charge in [-0.15, -0.1) is 0 Å². The molecule has 76 valence electrons. The SMILES string of the molecule is OC1(C2(I)CCCCC2)CCCC1. The van der Waals surface area contributed by atoms with Crippen molar-refractivity contribution in [1.29, 1.82) is 0 Å². The van der Waals surface area contributed by atoms with Gasteiger partial charge in [-0.2, -0.15) is 0 Å². The molecule has 2 aliphatic carbocycles. The predicted octanol–water partition coefficient (Wildman–Crippen LogP) is 3.43. The van der Waals surface area contributed by atoms with Gasteiger partial charge in [0.25, 0.3) is 0 Å². The molecular formula is C11H19IO. The zero-order valence-corrected chi connectivity index (χ0v) is 10.3. The molecule has 0 atom stereocenters. The summed E-state index contributed by atoms with van der Waals surface area (Å²) < 4.78 is 0.222. The van der Waals surface area contributed by atoms with Gasteiger partial charge in [0.1, 0.15) is 0 Å². The second kappa shape index (κ2) is 3.69. The highest BCUT2D eigenvalue weighted by atomic mass is 127. The van der Waals surface area contributed by atoms with Crippen LogP contribution in [0.1, 0.15) is 57.8 Å². The summed E-state index contributed by atoms with van der Waals surface area (Å²) in [5.74, 6) is 0. The van der Waals surface area contributed by atoms with E-state index in [1.54, 1.807) is 0 Å². The maximum Gasteiger partial charge on any atom is 0.0792 e. The molecule has 0 heterocycles. The van der Waals surface area contributed by atoms with E-state index in [-0.39, 0.29) is 9.02 Å². The highest BCUT2D eigenvalue weighted by molar-refractivity contribution is 14.1. The van der Waals surface area contributed by atoms with Crippen LogP contribution in [0.4, 0.5) is 0 Å². The van der Waals surface area contributed by atoms with E-state index >= 15 is 0 Å². The van der Waals surface area contributed by atoms with Crippen LogP contribution in [0.5, 0.6) is 0 Å². The van der Waals surface area contributed by atoms with Crippen LogP contribution in [-0.4, -0.2) is 14.1 Å². The molecule has 0 saturated heterocycles. The van der Waals surface area contributed by atoms with Gasteiger partial charge >= 0.3 is 0 Å². The van der Waals surface area contributed by atoms with Crippen molar-refractivity contribution in [3.05, 3.63) is 0 Å². The Morgan fingerprint density at radius 2 is 1.23 bits per heavy atom. The third kappa shape index (κ3) is 1.76. The Bertz CT molecular complexity index is 179.